The fourth-order valence-electron chi connectivity index (χ4n) is 2.22. The van der Waals surface area contributed by atoms with Crippen LogP contribution in [0, 0.1) is 3.57 Å². The highest BCUT2D eigenvalue weighted by Gasteiger charge is 2.34. The van der Waals surface area contributed by atoms with Crippen molar-refractivity contribution in [2.24, 2.45) is 0 Å². The van der Waals surface area contributed by atoms with Gasteiger partial charge >= 0.3 is 0 Å². The first kappa shape index (κ1) is 12.2. The summed E-state index contributed by atoms with van der Waals surface area (Å²) < 4.78 is 0.441. The van der Waals surface area contributed by atoms with E-state index in [0.717, 1.165) is 0 Å². The Kier molecular flexibility index (Phi) is 2.60. The van der Waals surface area contributed by atoms with Gasteiger partial charge < -0.3 is 10.2 Å². The van der Waals surface area contributed by atoms with Crippen molar-refractivity contribution in [1.82, 2.24) is 0 Å². The third-order valence-corrected chi connectivity index (χ3v) is 3.95. The van der Waals surface area contributed by atoms with Crippen molar-refractivity contribution >= 4 is 34.2 Å². The highest BCUT2D eigenvalue weighted by Crippen LogP contribution is 2.40. The molecule has 1 aliphatic rings. The van der Waals surface area contributed by atoms with Crippen LogP contribution < -0.4 is 0 Å². The number of rotatable bonds is 0. The molecular formula is C14H7IO4. The van der Waals surface area contributed by atoms with Crippen molar-refractivity contribution < 1.29 is 19.8 Å². The molecule has 3 rings (SSSR count). The molecule has 5 heteroatoms. The Labute approximate surface area is 121 Å². The minimum atomic E-state index is -0.539. The van der Waals surface area contributed by atoms with Crippen LogP contribution in [0.2, 0.25) is 0 Å². The van der Waals surface area contributed by atoms with Crippen LogP contribution in [-0.2, 0) is 0 Å². The van der Waals surface area contributed by atoms with Crippen LogP contribution >= 0.6 is 22.6 Å². The molecule has 94 valence electrons. The van der Waals surface area contributed by atoms with Gasteiger partial charge in [-0.1, -0.05) is 24.3 Å². The number of carbonyl (C=O) groups excluding carboxylic acids is 2. The van der Waals surface area contributed by atoms with Crippen molar-refractivity contribution in [2.45, 2.75) is 0 Å². The normalized spacial score (nSPS) is 13.1. The van der Waals surface area contributed by atoms with Gasteiger partial charge in [0.1, 0.15) is 0 Å². The van der Waals surface area contributed by atoms with E-state index in [-0.39, 0.29) is 22.5 Å². The number of phenolic OH excluding ortho intramolecular Hbond substituents is 2. The molecule has 0 bridgehead atoms. The van der Waals surface area contributed by atoms with Crippen LogP contribution in [0.15, 0.2) is 30.3 Å². The minimum Gasteiger partial charge on any atom is -0.504 e. The monoisotopic (exact) mass is 366 g/mol. The summed E-state index contributed by atoms with van der Waals surface area (Å²) in [7, 11) is 0. The number of halogens is 1. The minimum absolute atomic E-state index is 0.117. The number of fused-ring (bicyclic) bond motifs is 2. The molecule has 0 atom stereocenters. The van der Waals surface area contributed by atoms with Crippen molar-refractivity contribution in [1.29, 1.82) is 0 Å². The molecule has 0 aliphatic heterocycles. The zero-order valence-electron chi connectivity index (χ0n) is 9.48. The maximum absolute atomic E-state index is 12.4. The highest BCUT2D eigenvalue weighted by molar-refractivity contribution is 14.1. The van der Waals surface area contributed by atoms with E-state index in [1.807, 2.05) is 22.6 Å². The molecule has 0 amide bonds. The average molecular weight is 366 g/mol. The van der Waals surface area contributed by atoms with E-state index in [1.54, 1.807) is 18.2 Å². The smallest absolute Gasteiger partial charge is 0.198 e. The number of carbonyl (C=O) groups is 2. The maximum atomic E-state index is 12.4. The molecule has 0 fully saturated rings. The summed E-state index contributed by atoms with van der Waals surface area (Å²) >= 11 is 1.87. The first-order valence-electron chi connectivity index (χ1n) is 5.45. The summed E-state index contributed by atoms with van der Waals surface area (Å²) in [5.41, 5.74) is 0.604. The topological polar surface area (TPSA) is 74.6 Å². The first-order valence-corrected chi connectivity index (χ1v) is 6.53. The Morgan fingerprint density at radius 2 is 1.42 bits per heavy atom. The SMILES string of the molecule is O=C1c2ccccc2C(=O)c2c(O)c(O)cc(I)c21. The second-order valence-corrected chi connectivity index (χ2v) is 5.34. The lowest BCUT2D eigenvalue weighted by Crippen LogP contribution is -2.22. The summed E-state index contributed by atoms with van der Waals surface area (Å²) in [5, 5.41) is 19.4. The second kappa shape index (κ2) is 4.06. The van der Waals surface area contributed by atoms with E-state index in [1.165, 1.54) is 12.1 Å². The number of hydrogen-bond acceptors (Lipinski definition) is 4. The van der Waals surface area contributed by atoms with Crippen LogP contribution in [0.3, 0.4) is 0 Å². The van der Waals surface area contributed by atoms with Crippen LogP contribution in [0.25, 0.3) is 0 Å². The van der Waals surface area contributed by atoms with Gasteiger partial charge in [-0.05, 0) is 28.7 Å². The number of phenols is 2. The van der Waals surface area contributed by atoms with Crippen LogP contribution in [0.4, 0.5) is 0 Å². The fraction of sp³-hybridized carbons (Fsp3) is 0. The maximum Gasteiger partial charge on any atom is 0.198 e. The number of aromatic hydroxyl groups is 2. The third kappa shape index (κ3) is 1.58. The van der Waals surface area contributed by atoms with Crippen LogP contribution in [-0.4, -0.2) is 21.8 Å². The summed E-state index contributed by atoms with van der Waals surface area (Å²) in [4.78, 5) is 24.7. The van der Waals surface area contributed by atoms with E-state index < -0.39 is 17.3 Å². The summed E-state index contributed by atoms with van der Waals surface area (Å²) in [6.07, 6.45) is 0. The zero-order chi connectivity index (χ0) is 13.7. The predicted molar refractivity (Wildman–Crippen MR) is 75.8 cm³/mol. The Morgan fingerprint density at radius 1 is 0.895 bits per heavy atom. The molecule has 0 saturated carbocycles. The van der Waals surface area contributed by atoms with Gasteiger partial charge in [-0.15, -0.1) is 0 Å². The van der Waals surface area contributed by atoms with E-state index in [2.05, 4.69) is 0 Å². The Balaban J connectivity index is 2.43. The molecule has 19 heavy (non-hydrogen) atoms. The summed E-state index contributed by atoms with van der Waals surface area (Å²) in [5.74, 6) is -1.70. The molecule has 0 saturated heterocycles. The number of ketones is 2. The predicted octanol–water partition coefficient (Wildman–Crippen LogP) is 2.48. The second-order valence-electron chi connectivity index (χ2n) is 4.18. The lowest BCUT2D eigenvalue weighted by molar-refractivity contribution is 0.0975. The fourth-order valence-corrected chi connectivity index (χ4v) is 3.03. The molecule has 1 aliphatic carbocycles. The van der Waals surface area contributed by atoms with Gasteiger partial charge in [0.25, 0.3) is 0 Å². The van der Waals surface area contributed by atoms with Crippen molar-refractivity contribution in [3.8, 4) is 11.5 Å². The van der Waals surface area contributed by atoms with Gasteiger partial charge in [-0.2, -0.15) is 0 Å². The summed E-state index contributed by atoms with van der Waals surface area (Å²) in [6, 6.07) is 7.73. The summed E-state index contributed by atoms with van der Waals surface area (Å²) in [6.45, 7) is 0. The molecule has 0 aromatic heterocycles. The molecule has 0 radical (unpaired) electrons. The van der Waals surface area contributed by atoms with Crippen molar-refractivity contribution in [2.75, 3.05) is 0 Å². The van der Waals surface area contributed by atoms with E-state index in [0.29, 0.717) is 9.13 Å². The number of benzene rings is 2. The molecule has 2 N–H and O–H groups in total. The van der Waals surface area contributed by atoms with E-state index >= 15 is 0 Å². The largest absolute Gasteiger partial charge is 0.504 e. The van der Waals surface area contributed by atoms with Gasteiger partial charge in [0.2, 0.25) is 0 Å². The Morgan fingerprint density at radius 3 is 2.00 bits per heavy atom. The average Bonchev–Trinajstić information content (AvgIpc) is 2.40. The Bertz CT molecular complexity index is 749. The van der Waals surface area contributed by atoms with E-state index in [9.17, 15) is 19.8 Å². The lowest BCUT2D eigenvalue weighted by atomic mass is 9.83. The van der Waals surface area contributed by atoms with Crippen LogP contribution in [0.5, 0.6) is 11.5 Å². The van der Waals surface area contributed by atoms with Crippen molar-refractivity contribution in [3.63, 3.8) is 0 Å². The highest BCUT2D eigenvalue weighted by atomic mass is 127. The van der Waals surface area contributed by atoms with Gasteiger partial charge in [-0.3, -0.25) is 9.59 Å². The number of hydrogen-bond donors (Lipinski definition) is 2. The molecule has 4 nitrogen and oxygen atoms in total. The van der Waals surface area contributed by atoms with E-state index in [4.69, 9.17) is 0 Å². The van der Waals surface area contributed by atoms with Gasteiger partial charge in [0, 0.05) is 14.7 Å². The Hall–Kier alpha value is -1.89. The molecule has 0 unspecified atom stereocenters. The standard InChI is InChI=1S/C14H7IO4/c15-8-5-9(16)14(19)11-10(8)12(17)6-3-1-2-4-7(6)13(11)18/h1-5,16,19H. The van der Waals surface area contributed by atoms with Gasteiger partial charge in [0.15, 0.2) is 23.1 Å². The molecule has 0 heterocycles. The van der Waals surface area contributed by atoms with Crippen molar-refractivity contribution in [3.05, 3.63) is 56.2 Å². The van der Waals surface area contributed by atoms with Crippen LogP contribution in [0.1, 0.15) is 31.8 Å². The zero-order valence-corrected chi connectivity index (χ0v) is 11.6. The molecular weight excluding hydrogens is 359 g/mol. The third-order valence-electron chi connectivity index (χ3n) is 3.10. The quantitative estimate of drug-likeness (QED) is 0.474. The molecule has 2 aromatic carbocycles. The molecule has 0 spiro atoms. The van der Waals surface area contributed by atoms with Gasteiger partial charge in [-0.25, -0.2) is 0 Å². The lowest BCUT2D eigenvalue weighted by Gasteiger charge is -2.19. The van der Waals surface area contributed by atoms with Gasteiger partial charge in [0.05, 0.1) is 11.1 Å². The first-order chi connectivity index (χ1) is 9.02. The molecule has 2 aromatic rings.